The van der Waals surface area contributed by atoms with Gasteiger partial charge >= 0.3 is 5.97 Å². The summed E-state index contributed by atoms with van der Waals surface area (Å²) in [6.07, 6.45) is 1.29. The van der Waals surface area contributed by atoms with Gasteiger partial charge in [0.2, 0.25) is 0 Å². The van der Waals surface area contributed by atoms with Gasteiger partial charge in [-0.25, -0.2) is 0 Å². The third kappa shape index (κ3) is 4.03. The van der Waals surface area contributed by atoms with Crippen molar-refractivity contribution in [2.45, 2.75) is 25.7 Å². The lowest BCUT2D eigenvalue weighted by molar-refractivity contribution is -0.138. The standard InChI is InChI=1S/C19H22O4/c1-4-13-11-17(23-3)10-7-15(13)12-18(19(20)21)14-5-8-16(22-2)9-6-14/h5-11,18H,4,12H2,1-3H3,(H,20,21). The Kier molecular flexibility index (Phi) is 5.63. The molecule has 0 heterocycles. The summed E-state index contributed by atoms with van der Waals surface area (Å²) in [4.78, 5) is 11.7. The second-order valence-corrected chi connectivity index (χ2v) is 5.36. The molecule has 1 unspecified atom stereocenters. The SMILES string of the molecule is CCc1cc(OC)ccc1CC(C(=O)O)c1ccc(OC)cc1. The van der Waals surface area contributed by atoms with Gasteiger partial charge in [0.15, 0.2) is 0 Å². The van der Waals surface area contributed by atoms with Gasteiger partial charge in [0.25, 0.3) is 0 Å². The Morgan fingerprint density at radius 3 is 2.13 bits per heavy atom. The number of carboxylic acids is 1. The van der Waals surface area contributed by atoms with Gasteiger partial charge in [-0.3, -0.25) is 4.79 Å². The molecule has 1 N–H and O–H groups in total. The second kappa shape index (κ2) is 7.68. The molecular formula is C19H22O4. The van der Waals surface area contributed by atoms with Crippen LogP contribution < -0.4 is 9.47 Å². The summed E-state index contributed by atoms with van der Waals surface area (Å²) in [5.74, 6) is 0.103. The van der Waals surface area contributed by atoms with Gasteiger partial charge in [-0.1, -0.05) is 25.1 Å². The number of hydrogen-bond acceptors (Lipinski definition) is 3. The molecule has 0 aromatic heterocycles. The van der Waals surface area contributed by atoms with E-state index in [1.807, 2.05) is 30.3 Å². The van der Waals surface area contributed by atoms with E-state index in [-0.39, 0.29) is 0 Å². The Labute approximate surface area is 136 Å². The molecular weight excluding hydrogens is 292 g/mol. The van der Waals surface area contributed by atoms with Crippen LogP contribution in [0.4, 0.5) is 0 Å². The van der Waals surface area contributed by atoms with Crippen molar-refractivity contribution in [2.75, 3.05) is 14.2 Å². The molecule has 122 valence electrons. The first-order valence-corrected chi connectivity index (χ1v) is 7.61. The van der Waals surface area contributed by atoms with Crippen molar-refractivity contribution in [1.29, 1.82) is 0 Å². The maximum absolute atomic E-state index is 11.7. The van der Waals surface area contributed by atoms with Crippen LogP contribution in [0.15, 0.2) is 42.5 Å². The normalized spacial score (nSPS) is 11.8. The number of ether oxygens (including phenoxy) is 2. The third-order valence-corrected chi connectivity index (χ3v) is 4.03. The van der Waals surface area contributed by atoms with Gasteiger partial charge < -0.3 is 14.6 Å². The Balaban J connectivity index is 2.30. The quantitative estimate of drug-likeness (QED) is 0.847. The molecule has 0 aliphatic heterocycles. The molecule has 0 saturated heterocycles. The molecule has 2 aromatic rings. The monoisotopic (exact) mass is 314 g/mol. The lowest BCUT2D eigenvalue weighted by atomic mass is 9.89. The highest BCUT2D eigenvalue weighted by molar-refractivity contribution is 5.76. The summed E-state index contributed by atoms with van der Waals surface area (Å²) >= 11 is 0. The number of hydrogen-bond donors (Lipinski definition) is 1. The Bertz CT molecular complexity index is 662. The predicted octanol–water partition coefficient (Wildman–Crippen LogP) is 3.68. The first kappa shape index (κ1) is 16.9. The molecule has 23 heavy (non-hydrogen) atoms. The minimum absolute atomic E-state index is 0.453. The van der Waals surface area contributed by atoms with E-state index in [2.05, 4.69) is 6.92 Å². The molecule has 1 atom stereocenters. The van der Waals surface area contributed by atoms with Crippen LogP contribution in [0.1, 0.15) is 29.5 Å². The van der Waals surface area contributed by atoms with Crippen LogP contribution in [0.2, 0.25) is 0 Å². The summed E-state index contributed by atoms with van der Waals surface area (Å²) in [6.45, 7) is 2.06. The largest absolute Gasteiger partial charge is 0.497 e. The predicted molar refractivity (Wildman–Crippen MR) is 89.4 cm³/mol. The van der Waals surface area contributed by atoms with Crippen molar-refractivity contribution >= 4 is 5.97 Å². The molecule has 2 rings (SSSR count). The van der Waals surface area contributed by atoms with Crippen molar-refractivity contribution in [3.05, 3.63) is 59.2 Å². The fourth-order valence-corrected chi connectivity index (χ4v) is 2.66. The summed E-state index contributed by atoms with van der Waals surface area (Å²) in [7, 11) is 3.22. The van der Waals surface area contributed by atoms with E-state index in [4.69, 9.17) is 9.47 Å². The fraction of sp³-hybridized carbons (Fsp3) is 0.316. The number of aliphatic carboxylic acids is 1. The third-order valence-electron chi connectivity index (χ3n) is 4.03. The van der Waals surface area contributed by atoms with E-state index in [1.54, 1.807) is 26.4 Å². The molecule has 2 aromatic carbocycles. The topological polar surface area (TPSA) is 55.8 Å². The molecule has 0 aliphatic carbocycles. The van der Waals surface area contributed by atoms with Crippen LogP contribution in [-0.2, 0) is 17.6 Å². The maximum atomic E-state index is 11.7. The first-order chi connectivity index (χ1) is 11.1. The van der Waals surface area contributed by atoms with Gasteiger partial charge in [-0.15, -0.1) is 0 Å². The molecule has 0 aliphatic rings. The zero-order chi connectivity index (χ0) is 16.8. The first-order valence-electron chi connectivity index (χ1n) is 7.61. The average Bonchev–Trinajstić information content (AvgIpc) is 2.59. The zero-order valence-corrected chi connectivity index (χ0v) is 13.7. The molecule has 4 heteroatoms. The van der Waals surface area contributed by atoms with Crippen LogP contribution in [0.3, 0.4) is 0 Å². The van der Waals surface area contributed by atoms with E-state index in [9.17, 15) is 9.90 Å². The number of methoxy groups -OCH3 is 2. The molecule has 0 amide bonds. The smallest absolute Gasteiger partial charge is 0.311 e. The highest BCUT2D eigenvalue weighted by Gasteiger charge is 2.21. The van der Waals surface area contributed by atoms with Crippen molar-refractivity contribution in [1.82, 2.24) is 0 Å². The molecule has 0 radical (unpaired) electrons. The molecule has 0 saturated carbocycles. The second-order valence-electron chi connectivity index (χ2n) is 5.36. The van der Waals surface area contributed by atoms with Gasteiger partial charge in [-0.2, -0.15) is 0 Å². The van der Waals surface area contributed by atoms with Gasteiger partial charge in [-0.05, 0) is 53.8 Å². The summed E-state index contributed by atoms with van der Waals surface area (Å²) in [6, 6.07) is 13.0. The van der Waals surface area contributed by atoms with E-state index in [1.165, 1.54) is 0 Å². The van der Waals surface area contributed by atoms with Crippen molar-refractivity contribution < 1.29 is 19.4 Å². The highest BCUT2D eigenvalue weighted by Crippen LogP contribution is 2.27. The van der Waals surface area contributed by atoms with Gasteiger partial charge in [0.05, 0.1) is 20.1 Å². The number of carboxylic acid groups (broad SMARTS) is 1. The van der Waals surface area contributed by atoms with Crippen LogP contribution in [0.25, 0.3) is 0 Å². The van der Waals surface area contributed by atoms with Crippen molar-refractivity contribution in [3.63, 3.8) is 0 Å². The molecule has 0 fully saturated rings. The van der Waals surface area contributed by atoms with Crippen LogP contribution >= 0.6 is 0 Å². The Morgan fingerprint density at radius 1 is 1.00 bits per heavy atom. The van der Waals surface area contributed by atoms with E-state index in [0.717, 1.165) is 34.6 Å². The van der Waals surface area contributed by atoms with Crippen molar-refractivity contribution in [3.8, 4) is 11.5 Å². The van der Waals surface area contributed by atoms with Crippen LogP contribution in [-0.4, -0.2) is 25.3 Å². The van der Waals surface area contributed by atoms with E-state index < -0.39 is 11.9 Å². The fourth-order valence-electron chi connectivity index (χ4n) is 2.66. The molecule has 0 bridgehead atoms. The summed E-state index contributed by atoms with van der Waals surface area (Å²) < 4.78 is 10.4. The minimum atomic E-state index is -0.826. The zero-order valence-electron chi connectivity index (χ0n) is 13.7. The summed E-state index contributed by atoms with van der Waals surface area (Å²) in [5, 5.41) is 9.62. The number of aryl methyl sites for hydroxylation is 1. The van der Waals surface area contributed by atoms with Gasteiger partial charge in [0, 0.05) is 0 Å². The average molecular weight is 314 g/mol. The lowest BCUT2D eigenvalue weighted by Gasteiger charge is -2.16. The van der Waals surface area contributed by atoms with Crippen LogP contribution in [0, 0.1) is 0 Å². The lowest BCUT2D eigenvalue weighted by Crippen LogP contribution is -2.15. The minimum Gasteiger partial charge on any atom is -0.497 e. The number of benzene rings is 2. The summed E-state index contributed by atoms with van der Waals surface area (Å²) in [5.41, 5.74) is 2.93. The van der Waals surface area contributed by atoms with Crippen LogP contribution in [0.5, 0.6) is 11.5 Å². The Hall–Kier alpha value is -2.49. The maximum Gasteiger partial charge on any atom is 0.311 e. The number of rotatable bonds is 7. The highest BCUT2D eigenvalue weighted by atomic mass is 16.5. The Morgan fingerprint density at radius 2 is 1.61 bits per heavy atom. The number of carbonyl (C=O) groups is 1. The van der Waals surface area contributed by atoms with E-state index >= 15 is 0 Å². The molecule has 0 spiro atoms. The van der Waals surface area contributed by atoms with Gasteiger partial charge in [0.1, 0.15) is 11.5 Å². The molecule has 4 nitrogen and oxygen atoms in total. The van der Waals surface area contributed by atoms with E-state index in [0.29, 0.717) is 6.42 Å². The van der Waals surface area contributed by atoms with Crippen molar-refractivity contribution in [2.24, 2.45) is 0 Å².